The highest BCUT2D eigenvalue weighted by Crippen LogP contribution is 2.20. The van der Waals surface area contributed by atoms with Crippen molar-refractivity contribution in [1.29, 1.82) is 0 Å². The van der Waals surface area contributed by atoms with E-state index in [1.54, 1.807) is 0 Å². The Hall–Kier alpha value is -0.280. The van der Waals surface area contributed by atoms with Gasteiger partial charge in [-0.25, -0.2) is 0 Å². The molecule has 0 radical (unpaired) electrons. The van der Waals surface area contributed by atoms with Crippen LogP contribution in [0.4, 0.5) is 0 Å². The highest BCUT2D eigenvalue weighted by Gasteiger charge is 2.21. The van der Waals surface area contributed by atoms with E-state index < -0.39 is 0 Å². The first-order valence-corrected chi connectivity index (χ1v) is 6.31. The summed E-state index contributed by atoms with van der Waals surface area (Å²) in [6.45, 7) is 3.21. The zero-order valence-electron chi connectivity index (χ0n) is 9.38. The number of nitrogens with zero attached hydrogens (tertiary/aromatic N) is 2. The van der Waals surface area contributed by atoms with E-state index >= 15 is 0 Å². The van der Waals surface area contributed by atoms with Gasteiger partial charge in [0.1, 0.15) is 0 Å². The van der Waals surface area contributed by atoms with Crippen molar-refractivity contribution in [2.75, 3.05) is 26.7 Å². The van der Waals surface area contributed by atoms with E-state index in [-0.39, 0.29) is 5.50 Å². The summed E-state index contributed by atoms with van der Waals surface area (Å²) in [7, 11) is 2.14. The first kappa shape index (κ1) is 11.2. The number of hydrogen-bond donors (Lipinski definition) is 1. The van der Waals surface area contributed by atoms with E-state index in [1.807, 2.05) is 0 Å². The molecule has 0 saturated carbocycles. The molecule has 2 atom stereocenters. The fraction of sp³-hybridized carbons (Fsp3) is 0.909. The second kappa shape index (κ2) is 5.17. The first-order valence-electron chi connectivity index (χ1n) is 5.87. The molecule has 0 aromatic heterocycles. The molecule has 2 aliphatic heterocycles. The molecular weight excluding hydrogens is 210 g/mol. The van der Waals surface area contributed by atoms with Gasteiger partial charge in [-0.2, -0.15) is 0 Å². The standard InChI is InChI=1S/C11H20ClN3/c1-15-6-2-3-11(15)13-5-4-9-7-10(12)14-8-9/h9-10,14H,2-8H2,1H3. The Morgan fingerprint density at radius 1 is 1.60 bits per heavy atom. The third kappa shape index (κ3) is 3.08. The van der Waals surface area contributed by atoms with Crippen LogP contribution < -0.4 is 5.32 Å². The lowest BCUT2D eigenvalue weighted by molar-refractivity contribution is 0.526. The van der Waals surface area contributed by atoms with Gasteiger partial charge in [0.25, 0.3) is 0 Å². The Labute approximate surface area is 96.9 Å². The average molecular weight is 230 g/mol. The number of rotatable bonds is 3. The van der Waals surface area contributed by atoms with Crippen LogP contribution in [0, 0.1) is 5.92 Å². The number of halogens is 1. The van der Waals surface area contributed by atoms with E-state index in [9.17, 15) is 0 Å². The van der Waals surface area contributed by atoms with Crippen molar-refractivity contribution in [3.05, 3.63) is 0 Å². The van der Waals surface area contributed by atoms with Gasteiger partial charge in [-0.3, -0.25) is 4.99 Å². The summed E-state index contributed by atoms with van der Waals surface area (Å²) in [5.41, 5.74) is 0.191. The molecule has 1 N–H and O–H groups in total. The zero-order chi connectivity index (χ0) is 10.7. The maximum Gasteiger partial charge on any atom is 0.0986 e. The van der Waals surface area contributed by atoms with Crippen molar-refractivity contribution >= 4 is 17.4 Å². The predicted octanol–water partition coefficient (Wildman–Crippen LogP) is 1.67. The van der Waals surface area contributed by atoms with Crippen LogP contribution in [0.2, 0.25) is 0 Å². The molecule has 2 rings (SSSR count). The molecule has 0 amide bonds. The number of amidine groups is 1. The number of likely N-dealkylation sites (tertiary alicyclic amines) is 1. The molecule has 2 heterocycles. The lowest BCUT2D eigenvalue weighted by Gasteiger charge is -2.11. The zero-order valence-corrected chi connectivity index (χ0v) is 10.1. The molecule has 2 unspecified atom stereocenters. The minimum absolute atomic E-state index is 0.191. The summed E-state index contributed by atoms with van der Waals surface area (Å²) in [4.78, 5) is 6.94. The molecule has 86 valence electrons. The van der Waals surface area contributed by atoms with Gasteiger partial charge < -0.3 is 10.2 Å². The van der Waals surface area contributed by atoms with Crippen LogP contribution in [-0.4, -0.2) is 42.9 Å². The fourth-order valence-electron chi connectivity index (χ4n) is 2.34. The summed E-state index contributed by atoms with van der Waals surface area (Å²) in [6.07, 6.45) is 4.71. The summed E-state index contributed by atoms with van der Waals surface area (Å²) in [5, 5.41) is 3.26. The van der Waals surface area contributed by atoms with Crippen molar-refractivity contribution in [3.8, 4) is 0 Å². The van der Waals surface area contributed by atoms with Crippen molar-refractivity contribution in [2.45, 2.75) is 31.2 Å². The molecule has 0 bridgehead atoms. The van der Waals surface area contributed by atoms with E-state index in [4.69, 9.17) is 11.6 Å². The van der Waals surface area contributed by atoms with Gasteiger partial charge in [-0.1, -0.05) is 0 Å². The third-order valence-corrected chi connectivity index (χ3v) is 3.67. The van der Waals surface area contributed by atoms with Crippen LogP contribution in [0.3, 0.4) is 0 Å². The lowest BCUT2D eigenvalue weighted by atomic mass is 10.1. The quantitative estimate of drug-likeness (QED) is 0.589. The molecule has 4 heteroatoms. The van der Waals surface area contributed by atoms with Crippen molar-refractivity contribution in [1.82, 2.24) is 10.2 Å². The number of hydrogen-bond acceptors (Lipinski definition) is 2. The maximum atomic E-state index is 5.98. The highest BCUT2D eigenvalue weighted by molar-refractivity contribution is 6.20. The van der Waals surface area contributed by atoms with Gasteiger partial charge in [0.15, 0.2) is 0 Å². The Balaban J connectivity index is 1.70. The van der Waals surface area contributed by atoms with Crippen LogP contribution in [0.25, 0.3) is 0 Å². The minimum Gasteiger partial charge on any atom is -0.363 e. The first-order chi connectivity index (χ1) is 7.25. The largest absolute Gasteiger partial charge is 0.363 e. The van der Waals surface area contributed by atoms with E-state index in [2.05, 4.69) is 22.3 Å². The topological polar surface area (TPSA) is 27.6 Å². The molecule has 15 heavy (non-hydrogen) atoms. The molecule has 0 aromatic rings. The third-order valence-electron chi connectivity index (χ3n) is 3.33. The SMILES string of the molecule is CN1CCCC1=NCCC1CNC(Cl)C1. The van der Waals surface area contributed by atoms with Gasteiger partial charge in [0.05, 0.1) is 11.3 Å². The summed E-state index contributed by atoms with van der Waals surface area (Å²) >= 11 is 5.98. The van der Waals surface area contributed by atoms with Crippen LogP contribution >= 0.6 is 11.6 Å². The molecule has 2 fully saturated rings. The Bertz CT molecular complexity index is 242. The van der Waals surface area contributed by atoms with Crippen molar-refractivity contribution < 1.29 is 0 Å². The second-order valence-electron chi connectivity index (χ2n) is 4.59. The van der Waals surface area contributed by atoms with Gasteiger partial charge in [0, 0.05) is 26.6 Å². The fourth-order valence-corrected chi connectivity index (χ4v) is 2.69. The van der Waals surface area contributed by atoms with E-state index in [0.29, 0.717) is 0 Å². The monoisotopic (exact) mass is 229 g/mol. The normalized spacial score (nSPS) is 34.3. The molecule has 0 aliphatic carbocycles. The van der Waals surface area contributed by atoms with Gasteiger partial charge in [0.2, 0.25) is 0 Å². The lowest BCUT2D eigenvalue weighted by Crippen LogP contribution is -2.19. The van der Waals surface area contributed by atoms with Crippen LogP contribution in [0.1, 0.15) is 25.7 Å². The molecule has 3 nitrogen and oxygen atoms in total. The van der Waals surface area contributed by atoms with Crippen molar-refractivity contribution in [3.63, 3.8) is 0 Å². The predicted molar refractivity (Wildman–Crippen MR) is 64.5 cm³/mol. The van der Waals surface area contributed by atoms with E-state index in [0.717, 1.165) is 31.8 Å². The summed E-state index contributed by atoms with van der Waals surface area (Å²) in [5.74, 6) is 2.02. The number of alkyl halides is 1. The molecule has 0 spiro atoms. The van der Waals surface area contributed by atoms with Crippen LogP contribution in [0.15, 0.2) is 4.99 Å². The van der Waals surface area contributed by atoms with E-state index in [1.165, 1.54) is 25.2 Å². The number of nitrogens with one attached hydrogen (secondary N) is 1. The van der Waals surface area contributed by atoms with Crippen LogP contribution in [-0.2, 0) is 0 Å². The van der Waals surface area contributed by atoms with Gasteiger partial charge in [-0.05, 0) is 31.7 Å². The van der Waals surface area contributed by atoms with Crippen molar-refractivity contribution in [2.24, 2.45) is 10.9 Å². The van der Waals surface area contributed by atoms with Gasteiger partial charge in [-0.15, -0.1) is 11.6 Å². The van der Waals surface area contributed by atoms with Gasteiger partial charge >= 0.3 is 0 Å². The average Bonchev–Trinajstić information content (AvgIpc) is 2.77. The maximum absolute atomic E-state index is 5.98. The molecule has 2 aliphatic rings. The Kier molecular flexibility index (Phi) is 3.87. The summed E-state index contributed by atoms with van der Waals surface area (Å²) < 4.78 is 0. The molecule has 0 aromatic carbocycles. The molecule has 2 saturated heterocycles. The number of aliphatic imine (C=N–C) groups is 1. The smallest absolute Gasteiger partial charge is 0.0986 e. The highest BCUT2D eigenvalue weighted by atomic mass is 35.5. The second-order valence-corrected chi connectivity index (χ2v) is 5.12. The minimum atomic E-state index is 0.191. The molecular formula is C11H20ClN3. The summed E-state index contributed by atoms with van der Waals surface area (Å²) in [6, 6.07) is 0. The van der Waals surface area contributed by atoms with Crippen LogP contribution in [0.5, 0.6) is 0 Å². The Morgan fingerprint density at radius 2 is 2.47 bits per heavy atom. The Morgan fingerprint density at radius 3 is 3.07 bits per heavy atom.